The number of hydrogen-bond acceptors (Lipinski definition) is 3. The lowest BCUT2D eigenvalue weighted by atomic mass is 9.82. The number of amides is 1. The van der Waals surface area contributed by atoms with Crippen LogP contribution in [-0.4, -0.2) is 28.9 Å². The van der Waals surface area contributed by atoms with Crippen molar-refractivity contribution in [3.05, 3.63) is 70.8 Å². The zero-order chi connectivity index (χ0) is 19.7. The van der Waals surface area contributed by atoms with Gasteiger partial charge in [-0.05, 0) is 56.2 Å². The van der Waals surface area contributed by atoms with Crippen molar-refractivity contribution >= 4 is 11.9 Å². The fourth-order valence-electron chi connectivity index (χ4n) is 4.89. The van der Waals surface area contributed by atoms with E-state index in [9.17, 15) is 9.59 Å². The molecule has 2 aromatic rings. The normalized spacial score (nSPS) is 23.5. The number of ether oxygens (including phenoxy) is 1. The Balaban J connectivity index is 1.43. The van der Waals surface area contributed by atoms with Crippen molar-refractivity contribution in [3.8, 4) is 0 Å². The molecule has 2 unspecified atom stereocenters. The Morgan fingerprint density at radius 3 is 2.14 bits per heavy atom. The standard InChI is InChI=1S/C24H27NO3/c1-16-7-6-8-17(2)22(16)23(26)19-13-20-11-12-21(14-19)25(20)24(27)28-15-18-9-4-3-5-10-18/h3-10,19-21H,11-15H2,1-2H3. The average Bonchev–Trinajstić information content (AvgIpc) is 2.96. The highest BCUT2D eigenvalue weighted by molar-refractivity contribution is 6.00. The Hall–Kier alpha value is -2.62. The molecule has 1 amide bonds. The number of ketones is 1. The molecule has 2 atom stereocenters. The summed E-state index contributed by atoms with van der Waals surface area (Å²) < 4.78 is 5.57. The first kappa shape index (κ1) is 18.7. The maximum absolute atomic E-state index is 13.2. The second kappa shape index (κ2) is 7.78. The molecule has 146 valence electrons. The summed E-state index contributed by atoms with van der Waals surface area (Å²) in [6, 6.07) is 16.0. The van der Waals surface area contributed by atoms with Gasteiger partial charge >= 0.3 is 6.09 Å². The summed E-state index contributed by atoms with van der Waals surface area (Å²) in [5, 5.41) is 0. The number of piperidine rings is 1. The molecule has 28 heavy (non-hydrogen) atoms. The number of benzene rings is 2. The Morgan fingerprint density at radius 1 is 0.929 bits per heavy atom. The molecule has 4 rings (SSSR count). The first-order chi connectivity index (χ1) is 13.5. The predicted molar refractivity (Wildman–Crippen MR) is 108 cm³/mol. The van der Waals surface area contributed by atoms with E-state index in [-0.39, 0.29) is 29.9 Å². The van der Waals surface area contributed by atoms with Gasteiger partial charge in [-0.3, -0.25) is 4.79 Å². The summed E-state index contributed by atoms with van der Waals surface area (Å²) >= 11 is 0. The molecule has 2 saturated heterocycles. The SMILES string of the molecule is Cc1cccc(C)c1C(=O)C1CC2CCC(C1)N2C(=O)OCc1ccccc1. The summed E-state index contributed by atoms with van der Waals surface area (Å²) in [5.74, 6) is 0.236. The van der Waals surface area contributed by atoms with E-state index in [2.05, 4.69) is 0 Å². The molecule has 2 heterocycles. The summed E-state index contributed by atoms with van der Waals surface area (Å²) in [4.78, 5) is 27.8. The van der Waals surface area contributed by atoms with Crippen LogP contribution in [0.3, 0.4) is 0 Å². The average molecular weight is 377 g/mol. The van der Waals surface area contributed by atoms with Gasteiger partial charge in [0.05, 0.1) is 0 Å². The van der Waals surface area contributed by atoms with Crippen LogP contribution in [0.4, 0.5) is 4.79 Å². The van der Waals surface area contributed by atoms with E-state index in [1.54, 1.807) is 0 Å². The highest BCUT2D eigenvalue weighted by Gasteiger charge is 2.46. The highest BCUT2D eigenvalue weighted by Crippen LogP contribution is 2.40. The van der Waals surface area contributed by atoms with Crippen molar-refractivity contribution in [2.75, 3.05) is 0 Å². The summed E-state index contributed by atoms with van der Waals surface area (Å²) in [5.41, 5.74) is 3.94. The molecule has 2 aromatic carbocycles. The first-order valence-electron chi connectivity index (χ1n) is 10.1. The molecule has 0 aliphatic carbocycles. The van der Waals surface area contributed by atoms with Crippen molar-refractivity contribution in [1.29, 1.82) is 0 Å². The number of rotatable bonds is 4. The van der Waals surface area contributed by atoms with E-state index >= 15 is 0 Å². The Kier molecular flexibility index (Phi) is 5.21. The zero-order valence-electron chi connectivity index (χ0n) is 16.6. The van der Waals surface area contributed by atoms with Crippen LogP contribution in [0.15, 0.2) is 48.5 Å². The lowest BCUT2D eigenvalue weighted by Gasteiger charge is -2.37. The fraction of sp³-hybridized carbons (Fsp3) is 0.417. The Bertz CT molecular complexity index is 842. The van der Waals surface area contributed by atoms with Gasteiger partial charge in [0.15, 0.2) is 5.78 Å². The number of aryl methyl sites for hydroxylation is 2. The van der Waals surface area contributed by atoms with Gasteiger partial charge in [0.25, 0.3) is 0 Å². The third-order valence-electron chi connectivity index (χ3n) is 6.25. The molecule has 0 radical (unpaired) electrons. The third-order valence-corrected chi connectivity index (χ3v) is 6.25. The first-order valence-corrected chi connectivity index (χ1v) is 10.1. The monoisotopic (exact) mass is 377 g/mol. The minimum absolute atomic E-state index is 0.00419. The zero-order valence-corrected chi connectivity index (χ0v) is 16.6. The summed E-state index contributed by atoms with van der Waals surface area (Å²) in [7, 11) is 0. The maximum atomic E-state index is 13.2. The van der Waals surface area contributed by atoms with E-state index in [1.807, 2.05) is 67.3 Å². The Labute approximate surface area is 166 Å². The molecule has 0 N–H and O–H groups in total. The van der Waals surface area contributed by atoms with Gasteiger partial charge in [0, 0.05) is 23.6 Å². The van der Waals surface area contributed by atoms with E-state index in [0.29, 0.717) is 6.61 Å². The predicted octanol–water partition coefficient (Wildman–Crippen LogP) is 5.07. The molecular weight excluding hydrogens is 350 g/mol. The van der Waals surface area contributed by atoms with Gasteiger partial charge in [0.2, 0.25) is 0 Å². The largest absolute Gasteiger partial charge is 0.445 e. The smallest absolute Gasteiger partial charge is 0.410 e. The van der Waals surface area contributed by atoms with Crippen molar-refractivity contribution < 1.29 is 14.3 Å². The molecular formula is C24H27NO3. The molecule has 2 aliphatic heterocycles. The van der Waals surface area contributed by atoms with Gasteiger partial charge in [-0.25, -0.2) is 4.79 Å². The number of carbonyl (C=O) groups is 2. The number of nitrogens with zero attached hydrogens (tertiary/aromatic N) is 1. The summed E-state index contributed by atoms with van der Waals surface area (Å²) in [6.07, 6.45) is 3.16. The molecule has 4 nitrogen and oxygen atoms in total. The minimum atomic E-state index is -0.241. The van der Waals surface area contributed by atoms with Crippen LogP contribution < -0.4 is 0 Å². The van der Waals surface area contributed by atoms with Crippen LogP contribution in [0.5, 0.6) is 0 Å². The molecule has 2 fully saturated rings. The van der Waals surface area contributed by atoms with Gasteiger partial charge in [-0.2, -0.15) is 0 Å². The van der Waals surface area contributed by atoms with E-state index in [4.69, 9.17) is 4.74 Å². The minimum Gasteiger partial charge on any atom is -0.445 e. The third kappa shape index (κ3) is 3.56. The number of carbonyl (C=O) groups excluding carboxylic acids is 2. The van der Waals surface area contributed by atoms with Crippen molar-refractivity contribution in [1.82, 2.24) is 4.90 Å². The van der Waals surface area contributed by atoms with E-state index in [0.717, 1.165) is 47.9 Å². The molecule has 0 saturated carbocycles. The van der Waals surface area contributed by atoms with Gasteiger partial charge in [-0.15, -0.1) is 0 Å². The van der Waals surface area contributed by atoms with Crippen LogP contribution in [0.1, 0.15) is 52.7 Å². The van der Waals surface area contributed by atoms with Crippen molar-refractivity contribution in [3.63, 3.8) is 0 Å². The van der Waals surface area contributed by atoms with Crippen LogP contribution in [0.25, 0.3) is 0 Å². The van der Waals surface area contributed by atoms with Gasteiger partial charge in [-0.1, -0.05) is 48.5 Å². The Morgan fingerprint density at radius 2 is 1.54 bits per heavy atom. The van der Waals surface area contributed by atoms with Crippen LogP contribution in [-0.2, 0) is 11.3 Å². The van der Waals surface area contributed by atoms with Crippen LogP contribution in [0.2, 0.25) is 0 Å². The van der Waals surface area contributed by atoms with Gasteiger partial charge in [0.1, 0.15) is 6.61 Å². The number of fused-ring (bicyclic) bond motifs is 2. The lowest BCUT2D eigenvalue weighted by molar-refractivity contribution is 0.0484. The van der Waals surface area contributed by atoms with E-state index in [1.165, 1.54) is 0 Å². The fourth-order valence-corrected chi connectivity index (χ4v) is 4.89. The molecule has 0 spiro atoms. The van der Waals surface area contributed by atoms with Crippen molar-refractivity contribution in [2.45, 2.75) is 58.2 Å². The number of hydrogen-bond donors (Lipinski definition) is 0. The quantitative estimate of drug-likeness (QED) is 0.699. The molecule has 4 heteroatoms. The van der Waals surface area contributed by atoms with Crippen molar-refractivity contribution in [2.24, 2.45) is 5.92 Å². The van der Waals surface area contributed by atoms with Crippen LogP contribution in [0, 0.1) is 19.8 Å². The maximum Gasteiger partial charge on any atom is 0.410 e. The van der Waals surface area contributed by atoms with Crippen LogP contribution >= 0.6 is 0 Å². The van der Waals surface area contributed by atoms with Gasteiger partial charge < -0.3 is 9.64 Å². The second-order valence-electron chi connectivity index (χ2n) is 8.13. The second-order valence-corrected chi connectivity index (χ2v) is 8.13. The highest BCUT2D eigenvalue weighted by atomic mass is 16.6. The summed E-state index contributed by atoms with van der Waals surface area (Å²) in [6.45, 7) is 4.30. The number of Topliss-reactive ketones (excluding diaryl/α,β-unsaturated/α-hetero) is 1. The lowest BCUT2D eigenvalue weighted by Crippen LogP contribution is -2.48. The molecule has 2 aliphatic rings. The van der Waals surface area contributed by atoms with E-state index < -0.39 is 0 Å². The topological polar surface area (TPSA) is 46.6 Å². The molecule has 0 aromatic heterocycles. The molecule has 2 bridgehead atoms.